The number of nitrogens with zero attached hydrogens (tertiary/aromatic N) is 1. The van der Waals surface area contributed by atoms with Gasteiger partial charge in [-0.3, -0.25) is 4.79 Å². The first-order valence-corrected chi connectivity index (χ1v) is 8.17. The van der Waals surface area contributed by atoms with E-state index in [0.717, 1.165) is 38.8 Å². The zero-order valence-electron chi connectivity index (χ0n) is 13.3. The maximum atomic E-state index is 12.4. The van der Waals surface area contributed by atoms with Crippen LogP contribution < -0.4 is 5.73 Å². The van der Waals surface area contributed by atoms with Crippen molar-refractivity contribution in [3.05, 3.63) is 35.9 Å². The van der Waals surface area contributed by atoms with Crippen LogP contribution in [0.4, 0.5) is 0 Å². The number of amides is 1. The summed E-state index contributed by atoms with van der Waals surface area (Å²) in [5, 5.41) is 0. The van der Waals surface area contributed by atoms with Gasteiger partial charge in [0.15, 0.2) is 0 Å². The Morgan fingerprint density at radius 1 is 1.24 bits per heavy atom. The van der Waals surface area contributed by atoms with Gasteiger partial charge in [0.25, 0.3) is 0 Å². The lowest BCUT2D eigenvalue weighted by atomic mass is 9.92. The molecule has 0 saturated carbocycles. The molecule has 1 aliphatic rings. The maximum absolute atomic E-state index is 12.4. The van der Waals surface area contributed by atoms with Crippen LogP contribution in [-0.2, 0) is 4.79 Å². The molecule has 1 saturated heterocycles. The highest BCUT2D eigenvalue weighted by Crippen LogP contribution is 2.28. The second-order valence-corrected chi connectivity index (χ2v) is 6.60. The fourth-order valence-corrected chi connectivity index (χ4v) is 3.22. The summed E-state index contributed by atoms with van der Waals surface area (Å²) in [6.07, 6.45) is 4.05. The number of likely N-dealkylation sites (tertiary alicyclic amines) is 1. The molecular formula is C18H28N2O. The van der Waals surface area contributed by atoms with Crippen molar-refractivity contribution in [2.45, 2.75) is 51.5 Å². The van der Waals surface area contributed by atoms with E-state index in [2.05, 4.69) is 44.2 Å². The minimum atomic E-state index is -0.335. The molecule has 3 heteroatoms. The molecule has 21 heavy (non-hydrogen) atoms. The second-order valence-electron chi connectivity index (χ2n) is 6.60. The number of carbonyl (C=O) groups is 1. The van der Waals surface area contributed by atoms with E-state index in [4.69, 9.17) is 5.73 Å². The van der Waals surface area contributed by atoms with E-state index in [-0.39, 0.29) is 11.9 Å². The molecule has 0 aliphatic carbocycles. The van der Waals surface area contributed by atoms with Crippen LogP contribution in [0.3, 0.4) is 0 Å². The minimum absolute atomic E-state index is 0.136. The normalized spacial score (nSPS) is 21.1. The summed E-state index contributed by atoms with van der Waals surface area (Å²) in [7, 11) is 0. The molecule has 1 aliphatic heterocycles. The molecule has 2 rings (SSSR count). The van der Waals surface area contributed by atoms with Gasteiger partial charge in [-0.1, -0.05) is 44.2 Å². The fraction of sp³-hybridized carbons (Fsp3) is 0.611. The van der Waals surface area contributed by atoms with Crippen molar-refractivity contribution in [1.82, 2.24) is 4.90 Å². The average molecular weight is 288 g/mol. The predicted octanol–water partition coefficient (Wildman–Crippen LogP) is 3.16. The average Bonchev–Trinajstić information content (AvgIpc) is 2.72. The molecular weight excluding hydrogens is 260 g/mol. The molecule has 1 aromatic carbocycles. The summed E-state index contributed by atoms with van der Waals surface area (Å²) < 4.78 is 0. The molecule has 116 valence electrons. The quantitative estimate of drug-likeness (QED) is 0.925. The van der Waals surface area contributed by atoms with E-state index in [9.17, 15) is 4.79 Å². The summed E-state index contributed by atoms with van der Waals surface area (Å²) >= 11 is 0. The van der Waals surface area contributed by atoms with E-state index in [1.54, 1.807) is 0 Å². The lowest BCUT2D eigenvalue weighted by Gasteiger charge is -2.25. The van der Waals surface area contributed by atoms with Gasteiger partial charge in [-0.25, -0.2) is 0 Å². The van der Waals surface area contributed by atoms with Crippen molar-refractivity contribution in [2.24, 2.45) is 11.7 Å². The van der Waals surface area contributed by atoms with E-state index in [0.29, 0.717) is 11.8 Å². The molecule has 0 spiro atoms. The fourth-order valence-electron chi connectivity index (χ4n) is 3.22. The summed E-state index contributed by atoms with van der Waals surface area (Å²) in [4.78, 5) is 14.4. The Morgan fingerprint density at radius 3 is 2.62 bits per heavy atom. The number of nitrogens with two attached hydrogens (primary N) is 1. The molecule has 0 aromatic heterocycles. The van der Waals surface area contributed by atoms with Gasteiger partial charge in [0.1, 0.15) is 0 Å². The third-order valence-corrected chi connectivity index (χ3v) is 4.35. The number of rotatable bonds is 4. The Kier molecular flexibility index (Phi) is 5.80. The van der Waals surface area contributed by atoms with Crippen LogP contribution in [-0.4, -0.2) is 29.9 Å². The predicted molar refractivity (Wildman–Crippen MR) is 87.0 cm³/mol. The summed E-state index contributed by atoms with van der Waals surface area (Å²) in [6, 6.07) is 10.3. The summed E-state index contributed by atoms with van der Waals surface area (Å²) in [5.74, 6) is 1.18. The SMILES string of the molecule is CC(C)C[C@H](N)C(=O)N1CCCC(c2ccccc2)CC1. The molecule has 1 unspecified atom stereocenters. The monoisotopic (exact) mass is 288 g/mol. The van der Waals surface area contributed by atoms with Crippen molar-refractivity contribution in [1.29, 1.82) is 0 Å². The van der Waals surface area contributed by atoms with Gasteiger partial charge in [-0.15, -0.1) is 0 Å². The molecule has 1 heterocycles. The maximum Gasteiger partial charge on any atom is 0.239 e. The standard InChI is InChI=1S/C18H28N2O/c1-14(2)13-17(19)18(21)20-11-6-9-16(10-12-20)15-7-4-3-5-8-15/h3-5,7-8,14,16-17H,6,9-13,19H2,1-2H3/t16?,17-/m0/s1. The smallest absolute Gasteiger partial charge is 0.239 e. The summed E-state index contributed by atoms with van der Waals surface area (Å²) in [5.41, 5.74) is 7.46. The van der Waals surface area contributed by atoms with Gasteiger partial charge in [-0.2, -0.15) is 0 Å². The van der Waals surface area contributed by atoms with Gasteiger partial charge in [0.05, 0.1) is 6.04 Å². The van der Waals surface area contributed by atoms with Crippen molar-refractivity contribution in [3.63, 3.8) is 0 Å². The third kappa shape index (κ3) is 4.57. The van der Waals surface area contributed by atoms with E-state index in [1.807, 2.05) is 4.90 Å². The van der Waals surface area contributed by atoms with Crippen molar-refractivity contribution < 1.29 is 4.79 Å². The Bertz CT molecular complexity index is 444. The zero-order chi connectivity index (χ0) is 15.2. The molecule has 1 fully saturated rings. The Morgan fingerprint density at radius 2 is 1.95 bits per heavy atom. The number of carbonyl (C=O) groups excluding carboxylic acids is 1. The van der Waals surface area contributed by atoms with Crippen LogP contribution in [0, 0.1) is 5.92 Å². The molecule has 3 nitrogen and oxygen atoms in total. The Labute approximate surface area is 128 Å². The molecule has 2 N–H and O–H groups in total. The second kappa shape index (κ2) is 7.60. The van der Waals surface area contributed by atoms with Crippen LogP contribution in [0.25, 0.3) is 0 Å². The topological polar surface area (TPSA) is 46.3 Å². The first kappa shape index (κ1) is 16.0. The van der Waals surface area contributed by atoms with Crippen LogP contribution in [0.5, 0.6) is 0 Å². The van der Waals surface area contributed by atoms with E-state index < -0.39 is 0 Å². The molecule has 2 atom stereocenters. The first-order valence-electron chi connectivity index (χ1n) is 8.17. The summed E-state index contributed by atoms with van der Waals surface area (Å²) in [6.45, 7) is 5.92. The van der Waals surface area contributed by atoms with Crippen molar-refractivity contribution in [3.8, 4) is 0 Å². The third-order valence-electron chi connectivity index (χ3n) is 4.35. The number of hydrogen-bond acceptors (Lipinski definition) is 2. The Balaban J connectivity index is 1.93. The molecule has 1 amide bonds. The van der Waals surface area contributed by atoms with Crippen molar-refractivity contribution >= 4 is 5.91 Å². The van der Waals surface area contributed by atoms with E-state index in [1.165, 1.54) is 5.56 Å². The van der Waals surface area contributed by atoms with E-state index >= 15 is 0 Å². The van der Waals surface area contributed by atoms with Crippen LogP contribution in [0.1, 0.15) is 51.0 Å². The zero-order valence-corrected chi connectivity index (χ0v) is 13.3. The lowest BCUT2D eigenvalue weighted by molar-refractivity contribution is -0.132. The van der Waals surface area contributed by atoms with Crippen LogP contribution in [0.15, 0.2) is 30.3 Å². The minimum Gasteiger partial charge on any atom is -0.341 e. The Hall–Kier alpha value is -1.35. The highest BCUT2D eigenvalue weighted by Gasteiger charge is 2.25. The van der Waals surface area contributed by atoms with Gasteiger partial charge in [0, 0.05) is 13.1 Å². The highest BCUT2D eigenvalue weighted by molar-refractivity contribution is 5.81. The van der Waals surface area contributed by atoms with Gasteiger partial charge >= 0.3 is 0 Å². The van der Waals surface area contributed by atoms with Gasteiger partial charge in [0.2, 0.25) is 5.91 Å². The van der Waals surface area contributed by atoms with Crippen molar-refractivity contribution in [2.75, 3.05) is 13.1 Å². The largest absolute Gasteiger partial charge is 0.341 e. The molecule has 0 bridgehead atoms. The number of benzene rings is 1. The van der Waals surface area contributed by atoms with Gasteiger partial charge < -0.3 is 10.6 Å². The number of hydrogen-bond donors (Lipinski definition) is 1. The molecule has 0 radical (unpaired) electrons. The van der Waals surface area contributed by atoms with Gasteiger partial charge in [-0.05, 0) is 43.1 Å². The van der Waals surface area contributed by atoms with Crippen LogP contribution in [0.2, 0.25) is 0 Å². The molecule has 1 aromatic rings. The van der Waals surface area contributed by atoms with Crippen LogP contribution >= 0.6 is 0 Å². The highest BCUT2D eigenvalue weighted by atomic mass is 16.2. The first-order chi connectivity index (χ1) is 10.1. The lowest BCUT2D eigenvalue weighted by Crippen LogP contribution is -2.44.